The van der Waals surface area contributed by atoms with Crippen LogP contribution >= 0.6 is 0 Å². The first-order valence-electron chi connectivity index (χ1n) is 20.4. The Hall–Kier alpha value is -7.68. The Kier molecular flexibility index (Phi) is 6.68. The average molecular weight is 750 g/mol. The van der Waals surface area contributed by atoms with Gasteiger partial charge in [-0.3, -0.25) is 0 Å². The summed E-state index contributed by atoms with van der Waals surface area (Å²) in [6, 6.07) is 78.1. The monoisotopic (exact) mass is 749 g/mol. The average Bonchev–Trinajstić information content (AvgIpc) is 3.94. The van der Waals surface area contributed by atoms with Crippen molar-refractivity contribution in [1.82, 2.24) is 0 Å². The van der Waals surface area contributed by atoms with Gasteiger partial charge >= 0.3 is 0 Å². The van der Waals surface area contributed by atoms with Gasteiger partial charge in [0.25, 0.3) is 0 Å². The second kappa shape index (κ2) is 12.2. The fraction of sp³-hybridized carbons (Fsp3) is 0.0175. The Morgan fingerprint density at radius 3 is 1.66 bits per heavy atom. The standard InChI is InChI=1S/C57H35NO/c1-3-18-39-36(15-1)17-13-29-52(39)58(51-28-12-8-19-40(51)38-32-34-54-46(35-38)44-33-31-37-16-2-4-20-41(37)56(44)59-54)53-30-14-27-50-55(53)45-23-7-11-26-49(45)57(50)47-24-9-5-21-42(47)43-22-6-10-25-48(43)57/h1-35H. The molecule has 0 bridgehead atoms. The van der Waals surface area contributed by atoms with Crippen molar-refractivity contribution in [3.05, 3.63) is 235 Å². The first-order chi connectivity index (χ1) is 29.3. The summed E-state index contributed by atoms with van der Waals surface area (Å²) in [5.41, 5.74) is 17.5. The van der Waals surface area contributed by atoms with Gasteiger partial charge in [-0.1, -0.05) is 176 Å². The molecule has 1 aromatic heterocycles. The first-order valence-corrected chi connectivity index (χ1v) is 20.4. The van der Waals surface area contributed by atoms with E-state index in [1.807, 2.05) is 0 Å². The quantitative estimate of drug-likeness (QED) is 0.178. The maximum atomic E-state index is 6.59. The molecule has 1 heterocycles. The van der Waals surface area contributed by atoms with Crippen LogP contribution in [0.15, 0.2) is 217 Å². The zero-order valence-corrected chi connectivity index (χ0v) is 32.1. The number of hydrogen-bond acceptors (Lipinski definition) is 2. The van der Waals surface area contributed by atoms with Crippen LogP contribution < -0.4 is 4.90 Å². The van der Waals surface area contributed by atoms with E-state index < -0.39 is 5.41 Å². The van der Waals surface area contributed by atoms with Crippen molar-refractivity contribution >= 4 is 60.5 Å². The summed E-state index contributed by atoms with van der Waals surface area (Å²) < 4.78 is 6.59. The van der Waals surface area contributed by atoms with Gasteiger partial charge in [0, 0.05) is 32.7 Å². The Morgan fingerprint density at radius 1 is 0.339 bits per heavy atom. The molecule has 0 amide bonds. The molecule has 10 aromatic carbocycles. The van der Waals surface area contributed by atoms with E-state index >= 15 is 0 Å². The van der Waals surface area contributed by atoms with Gasteiger partial charge in [-0.2, -0.15) is 0 Å². The van der Waals surface area contributed by atoms with E-state index in [1.54, 1.807) is 0 Å². The second-order valence-corrected chi connectivity index (χ2v) is 15.9. The van der Waals surface area contributed by atoms with E-state index in [1.165, 1.54) is 60.7 Å². The largest absolute Gasteiger partial charge is 0.455 e. The fourth-order valence-electron chi connectivity index (χ4n) is 10.7. The third-order valence-corrected chi connectivity index (χ3v) is 13.1. The van der Waals surface area contributed by atoms with E-state index in [4.69, 9.17) is 4.42 Å². The van der Waals surface area contributed by atoms with E-state index in [-0.39, 0.29) is 0 Å². The molecule has 274 valence electrons. The lowest BCUT2D eigenvalue weighted by atomic mass is 9.70. The molecule has 2 nitrogen and oxygen atoms in total. The minimum atomic E-state index is -0.448. The van der Waals surface area contributed by atoms with Crippen LogP contribution in [0.3, 0.4) is 0 Å². The fourth-order valence-corrected chi connectivity index (χ4v) is 10.7. The zero-order valence-electron chi connectivity index (χ0n) is 32.1. The molecule has 0 N–H and O–H groups in total. The van der Waals surface area contributed by atoms with Crippen molar-refractivity contribution in [1.29, 1.82) is 0 Å². The highest BCUT2D eigenvalue weighted by atomic mass is 16.3. The summed E-state index contributed by atoms with van der Waals surface area (Å²) in [6.45, 7) is 0. The molecule has 2 aliphatic carbocycles. The number of anilines is 3. The van der Waals surface area contributed by atoms with Gasteiger partial charge < -0.3 is 9.32 Å². The molecular weight excluding hydrogens is 715 g/mol. The van der Waals surface area contributed by atoms with Crippen molar-refractivity contribution in [3.63, 3.8) is 0 Å². The topological polar surface area (TPSA) is 16.4 Å². The van der Waals surface area contributed by atoms with E-state index in [0.29, 0.717) is 0 Å². The molecule has 0 atom stereocenters. The third-order valence-electron chi connectivity index (χ3n) is 13.1. The molecule has 2 heteroatoms. The highest BCUT2D eigenvalue weighted by molar-refractivity contribution is 6.16. The summed E-state index contributed by atoms with van der Waals surface area (Å²) in [4.78, 5) is 2.53. The Morgan fingerprint density at radius 2 is 0.881 bits per heavy atom. The van der Waals surface area contributed by atoms with E-state index in [0.717, 1.165) is 55.5 Å². The summed E-state index contributed by atoms with van der Waals surface area (Å²) in [6.07, 6.45) is 0. The number of fused-ring (bicyclic) bond motifs is 16. The lowest BCUT2D eigenvalue weighted by molar-refractivity contribution is 0.672. The van der Waals surface area contributed by atoms with Gasteiger partial charge in [-0.25, -0.2) is 0 Å². The van der Waals surface area contributed by atoms with Crippen molar-refractivity contribution < 1.29 is 4.42 Å². The van der Waals surface area contributed by atoms with Crippen LogP contribution in [-0.2, 0) is 5.41 Å². The Bertz CT molecular complexity index is 3480. The molecule has 2 aliphatic rings. The summed E-state index contributed by atoms with van der Waals surface area (Å²) in [7, 11) is 0. The van der Waals surface area contributed by atoms with Crippen LogP contribution in [0.4, 0.5) is 17.1 Å². The summed E-state index contributed by atoms with van der Waals surface area (Å²) in [5, 5.41) is 6.96. The zero-order chi connectivity index (χ0) is 38.7. The molecule has 13 rings (SSSR count). The molecule has 11 aromatic rings. The molecule has 0 saturated heterocycles. The Balaban J connectivity index is 1.11. The molecule has 0 saturated carbocycles. The predicted octanol–water partition coefficient (Wildman–Crippen LogP) is 15.4. The van der Waals surface area contributed by atoms with Gasteiger partial charge in [-0.05, 0) is 91.7 Å². The van der Waals surface area contributed by atoms with Crippen LogP contribution in [0.25, 0.3) is 76.9 Å². The summed E-state index contributed by atoms with van der Waals surface area (Å²) >= 11 is 0. The van der Waals surface area contributed by atoms with Gasteiger partial charge in [0.15, 0.2) is 0 Å². The van der Waals surface area contributed by atoms with Gasteiger partial charge in [0.1, 0.15) is 11.2 Å². The normalized spacial score (nSPS) is 13.2. The molecular formula is C57H35NO. The van der Waals surface area contributed by atoms with Gasteiger partial charge in [-0.15, -0.1) is 0 Å². The highest BCUT2D eigenvalue weighted by Crippen LogP contribution is 2.65. The molecule has 0 aliphatic heterocycles. The van der Waals surface area contributed by atoms with E-state index in [9.17, 15) is 0 Å². The van der Waals surface area contributed by atoms with Crippen LogP contribution in [-0.4, -0.2) is 0 Å². The smallest absolute Gasteiger partial charge is 0.143 e. The molecule has 0 fully saturated rings. The number of hydrogen-bond donors (Lipinski definition) is 0. The number of rotatable bonds is 4. The van der Waals surface area contributed by atoms with Crippen molar-refractivity contribution in [3.8, 4) is 33.4 Å². The van der Waals surface area contributed by atoms with Crippen LogP contribution in [0, 0.1) is 0 Å². The van der Waals surface area contributed by atoms with Gasteiger partial charge in [0.2, 0.25) is 0 Å². The molecule has 0 radical (unpaired) electrons. The maximum absolute atomic E-state index is 6.59. The summed E-state index contributed by atoms with van der Waals surface area (Å²) in [5.74, 6) is 0. The van der Waals surface area contributed by atoms with Crippen molar-refractivity contribution in [2.45, 2.75) is 5.41 Å². The van der Waals surface area contributed by atoms with Crippen molar-refractivity contribution in [2.75, 3.05) is 4.90 Å². The van der Waals surface area contributed by atoms with E-state index in [2.05, 4.69) is 217 Å². The number of furan rings is 1. The first kappa shape index (κ1) is 32.4. The van der Waals surface area contributed by atoms with Gasteiger partial charge in [0.05, 0.1) is 22.5 Å². The third kappa shape index (κ3) is 4.35. The minimum absolute atomic E-state index is 0.448. The SMILES string of the molecule is c1ccc(N(c2cccc3c2-c2ccccc2C32c3ccccc3-c3ccccc32)c2cccc3ccccc23)c(-c2ccc3oc4c5ccccc5ccc4c3c2)c1. The lowest BCUT2D eigenvalue weighted by Gasteiger charge is -2.33. The number of nitrogens with zero attached hydrogens (tertiary/aromatic N) is 1. The maximum Gasteiger partial charge on any atom is 0.143 e. The minimum Gasteiger partial charge on any atom is -0.455 e. The number of para-hydroxylation sites is 1. The second-order valence-electron chi connectivity index (χ2n) is 15.9. The van der Waals surface area contributed by atoms with Crippen molar-refractivity contribution in [2.24, 2.45) is 0 Å². The molecule has 0 unspecified atom stereocenters. The van der Waals surface area contributed by atoms with Crippen LogP contribution in [0.1, 0.15) is 22.3 Å². The predicted molar refractivity (Wildman–Crippen MR) is 245 cm³/mol. The lowest BCUT2D eigenvalue weighted by Crippen LogP contribution is -2.26. The number of benzene rings is 10. The van der Waals surface area contributed by atoms with Crippen LogP contribution in [0.2, 0.25) is 0 Å². The molecule has 59 heavy (non-hydrogen) atoms. The highest BCUT2D eigenvalue weighted by Gasteiger charge is 2.52. The molecule has 1 spiro atoms. The van der Waals surface area contributed by atoms with Crippen LogP contribution in [0.5, 0.6) is 0 Å². The Labute approximate surface area is 341 Å².